The van der Waals surface area contributed by atoms with Gasteiger partial charge in [-0.25, -0.2) is 4.79 Å². The maximum absolute atomic E-state index is 9.98. The third kappa shape index (κ3) is 2.94. The van der Waals surface area contributed by atoms with Crippen LogP contribution in [0.2, 0.25) is 0 Å². The second-order valence-corrected chi connectivity index (χ2v) is 5.68. The first-order valence-electron chi connectivity index (χ1n) is 3.23. The molecule has 0 heterocycles. The number of rotatable bonds is 4. The topological polar surface area (TPSA) is 47.9 Å². The SMILES string of the molecule is CO[SiH](OC)C(C)(C)N=C=O. The van der Waals surface area contributed by atoms with Gasteiger partial charge in [-0.1, -0.05) is 0 Å². The molecule has 0 bridgehead atoms. The van der Waals surface area contributed by atoms with Crippen LogP contribution in [0.25, 0.3) is 0 Å². The maximum Gasteiger partial charge on any atom is 0.350 e. The Labute approximate surface area is 68.1 Å². The van der Waals surface area contributed by atoms with Gasteiger partial charge in [0.05, 0.1) is 0 Å². The molecular formula is C6H13NO3Si. The molecule has 0 amide bonds. The minimum absolute atomic E-state index is 0.536. The first-order valence-corrected chi connectivity index (χ1v) is 4.75. The highest BCUT2D eigenvalue weighted by Crippen LogP contribution is 2.13. The normalized spacial score (nSPS) is 11.4. The molecule has 0 saturated carbocycles. The van der Waals surface area contributed by atoms with Crippen molar-refractivity contribution in [3.63, 3.8) is 0 Å². The minimum atomic E-state index is -1.85. The van der Waals surface area contributed by atoms with E-state index in [1.54, 1.807) is 28.1 Å². The van der Waals surface area contributed by atoms with E-state index in [-0.39, 0.29) is 0 Å². The minimum Gasteiger partial charge on any atom is -0.399 e. The summed E-state index contributed by atoms with van der Waals surface area (Å²) in [4.78, 5) is 13.6. The van der Waals surface area contributed by atoms with Crippen molar-refractivity contribution >= 4 is 15.4 Å². The predicted octanol–water partition coefficient (Wildman–Crippen LogP) is 0.153. The summed E-state index contributed by atoms with van der Waals surface area (Å²) in [7, 11) is 1.27. The van der Waals surface area contributed by atoms with E-state index in [1.807, 2.05) is 0 Å². The quantitative estimate of drug-likeness (QED) is 0.347. The van der Waals surface area contributed by atoms with Gasteiger partial charge in [0.1, 0.15) is 5.16 Å². The molecule has 0 N–H and O–H groups in total. The smallest absolute Gasteiger partial charge is 0.350 e. The van der Waals surface area contributed by atoms with Crippen molar-refractivity contribution in [2.24, 2.45) is 4.99 Å². The fourth-order valence-corrected chi connectivity index (χ4v) is 2.35. The van der Waals surface area contributed by atoms with Crippen molar-refractivity contribution in [3.8, 4) is 0 Å². The third-order valence-electron chi connectivity index (χ3n) is 1.34. The van der Waals surface area contributed by atoms with E-state index in [9.17, 15) is 4.79 Å². The summed E-state index contributed by atoms with van der Waals surface area (Å²) in [6.45, 7) is 3.59. The second kappa shape index (κ2) is 4.41. The zero-order valence-corrected chi connectivity index (χ0v) is 8.40. The molecule has 0 aliphatic heterocycles. The van der Waals surface area contributed by atoms with Gasteiger partial charge in [0.25, 0.3) is 0 Å². The molecule has 4 nitrogen and oxygen atoms in total. The van der Waals surface area contributed by atoms with E-state index in [1.165, 1.54) is 6.08 Å². The van der Waals surface area contributed by atoms with E-state index in [0.717, 1.165) is 0 Å². The lowest BCUT2D eigenvalue weighted by molar-refractivity contribution is 0.251. The summed E-state index contributed by atoms with van der Waals surface area (Å²) in [5, 5.41) is -0.536. The molecular weight excluding hydrogens is 162 g/mol. The molecule has 11 heavy (non-hydrogen) atoms. The highest BCUT2D eigenvalue weighted by atomic mass is 28.3. The Hall–Kier alpha value is -0.483. The number of aliphatic imine (C=N–C) groups is 1. The van der Waals surface area contributed by atoms with Crippen LogP contribution >= 0.6 is 0 Å². The van der Waals surface area contributed by atoms with Gasteiger partial charge in [-0.2, -0.15) is 4.99 Å². The zero-order valence-electron chi connectivity index (χ0n) is 7.25. The fourth-order valence-electron chi connectivity index (χ4n) is 0.843. The molecule has 0 rings (SSSR count). The molecule has 5 heteroatoms. The van der Waals surface area contributed by atoms with E-state index in [2.05, 4.69) is 4.99 Å². The van der Waals surface area contributed by atoms with Crippen molar-refractivity contribution in [2.75, 3.05) is 14.2 Å². The van der Waals surface area contributed by atoms with Crippen LogP contribution in [0.5, 0.6) is 0 Å². The monoisotopic (exact) mass is 175 g/mol. The summed E-state index contributed by atoms with van der Waals surface area (Å²) >= 11 is 0. The molecule has 0 aromatic heterocycles. The largest absolute Gasteiger partial charge is 0.399 e. The summed E-state index contributed by atoms with van der Waals surface area (Å²) in [6, 6.07) is 0. The van der Waals surface area contributed by atoms with Gasteiger partial charge in [0.2, 0.25) is 6.08 Å². The Balaban J connectivity index is 4.35. The third-order valence-corrected chi connectivity index (χ3v) is 3.48. The Bertz CT molecular complexity index is 161. The van der Waals surface area contributed by atoms with Crippen LogP contribution in [0.4, 0.5) is 0 Å². The lowest BCUT2D eigenvalue weighted by Gasteiger charge is -2.23. The Morgan fingerprint density at radius 3 is 2.09 bits per heavy atom. The van der Waals surface area contributed by atoms with Crippen molar-refractivity contribution in [1.29, 1.82) is 0 Å². The first-order chi connectivity index (χ1) is 5.08. The molecule has 0 aromatic carbocycles. The molecule has 0 fully saturated rings. The fraction of sp³-hybridized carbons (Fsp3) is 0.833. The first kappa shape index (κ1) is 10.5. The van der Waals surface area contributed by atoms with Crippen molar-refractivity contribution in [1.82, 2.24) is 0 Å². The highest BCUT2D eigenvalue weighted by molar-refractivity contribution is 6.48. The summed E-state index contributed by atoms with van der Waals surface area (Å²) in [6.07, 6.45) is 1.51. The van der Waals surface area contributed by atoms with Gasteiger partial charge < -0.3 is 8.85 Å². The lowest BCUT2D eigenvalue weighted by Crippen LogP contribution is -2.42. The van der Waals surface area contributed by atoms with Crippen LogP contribution < -0.4 is 0 Å². The van der Waals surface area contributed by atoms with E-state index >= 15 is 0 Å². The van der Waals surface area contributed by atoms with Crippen molar-refractivity contribution < 1.29 is 13.6 Å². The number of carbonyl (C=O) groups excluding carboxylic acids is 1. The van der Waals surface area contributed by atoms with Crippen LogP contribution in [0, 0.1) is 0 Å². The molecule has 0 saturated heterocycles. The van der Waals surface area contributed by atoms with Crippen LogP contribution in [-0.4, -0.2) is 34.7 Å². The Morgan fingerprint density at radius 1 is 1.36 bits per heavy atom. The van der Waals surface area contributed by atoms with Crippen molar-refractivity contribution in [2.45, 2.75) is 19.0 Å². The van der Waals surface area contributed by atoms with Gasteiger partial charge in [0.15, 0.2) is 0 Å². The zero-order chi connectivity index (χ0) is 8.91. The predicted molar refractivity (Wildman–Crippen MR) is 43.4 cm³/mol. The van der Waals surface area contributed by atoms with Gasteiger partial charge in [-0.3, -0.25) is 0 Å². The van der Waals surface area contributed by atoms with Gasteiger partial charge in [-0.15, -0.1) is 0 Å². The average molecular weight is 175 g/mol. The molecule has 0 aliphatic carbocycles. The van der Waals surface area contributed by atoms with Crippen molar-refractivity contribution in [3.05, 3.63) is 0 Å². The molecule has 0 aliphatic rings. The van der Waals surface area contributed by atoms with E-state index in [0.29, 0.717) is 0 Å². The Morgan fingerprint density at radius 2 is 1.82 bits per heavy atom. The second-order valence-electron chi connectivity index (χ2n) is 2.66. The lowest BCUT2D eigenvalue weighted by atomic mass is 10.4. The maximum atomic E-state index is 9.98. The summed E-state index contributed by atoms with van der Waals surface area (Å²) in [5.74, 6) is 0. The highest BCUT2D eigenvalue weighted by Gasteiger charge is 2.32. The van der Waals surface area contributed by atoms with E-state index in [4.69, 9.17) is 8.85 Å². The molecule has 0 aromatic rings. The van der Waals surface area contributed by atoms with Crippen LogP contribution in [0.3, 0.4) is 0 Å². The summed E-state index contributed by atoms with van der Waals surface area (Å²) < 4.78 is 10.1. The van der Waals surface area contributed by atoms with Crippen LogP contribution in [0.15, 0.2) is 4.99 Å². The van der Waals surface area contributed by atoms with Gasteiger partial charge in [0, 0.05) is 14.2 Å². The number of hydrogen-bond donors (Lipinski definition) is 0. The van der Waals surface area contributed by atoms with Gasteiger partial charge in [-0.05, 0) is 13.8 Å². The molecule has 0 unspecified atom stereocenters. The summed E-state index contributed by atoms with van der Waals surface area (Å²) in [5.41, 5.74) is 0. The molecule has 0 radical (unpaired) electrons. The van der Waals surface area contributed by atoms with E-state index < -0.39 is 14.4 Å². The standard InChI is InChI=1S/C6H13NO3Si/c1-6(2,7-5-8)11(9-3)10-4/h11H,1-4H3. The van der Waals surface area contributed by atoms with Crippen LogP contribution in [-0.2, 0) is 13.6 Å². The van der Waals surface area contributed by atoms with Gasteiger partial charge >= 0.3 is 9.28 Å². The average Bonchev–Trinajstić information content (AvgIpc) is 1.89. The molecule has 0 spiro atoms. The Kier molecular flexibility index (Phi) is 4.21. The number of nitrogens with zero attached hydrogens (tertiary/aromatic N) is 1. The van der Waals surface area contributed by atoms with Crippen LogP contribution in [0.1, 0.15) is 13.8 Å². The number of hydrogen-bond acceptors (Lipinski definition) is 4. The number of isocyanates is 1. The molecule has 64 valence electrons. The molecule has 0 atom stereocenters.